The smallest absolute Gasteiger partial charge is 0.349 e. The minimum atomic E-state index is -3.83. The molecule has 0 atom stereocenters. The van der Waals surface area contributed by atoms with Crippen molar-refractivity contribution in [2.24, 2.45) is 0 Å². The number of ether oxygens (including phenoxy) is 2. The first-order valence-electron chi connectivity index (χ1n) is 7.82. The Labute approximate surface area is 155 Å². The summed E-state index contributed by atoms with van der Waals surface area (Å²) in [6.45, 7) is 1.37. The molecule has 0 bridgehead atoms. The second-order valence-corrected chi connectivity index (χ2v) is 9.39. The molecule has 2 aromatic rings. The summed E-state index contributed by atoms with van der Waals surface area (Å²) in [5, 5.41) is 3.53. The zero-order chi connectivity index (χ0) is 17.9. The molecule has 1 aliphatic rings. The molecule has 0 radical (unpaired) electrons. The number of esters is 1. The summed E-state index contributed by atoms with van der Waals surface area (Å²) in [7, 11) is -2.57. The largest absolute Gasteiger partial charge is 0.465 e. The number of sulfonamides is 1. The van der Waals surface area contributed by atoms with Gasteiger partial charge in [-0.15, -0.1) is 22.7 Å². The van der Waals surface area contributed by atoms with Crippen LogP contribution in [0.5, 0.6) is 0 Å². The molecule has 0 aliphatic carbocycles. The summed E-state index contributed by atoms with van der Waals surface area (Å²) in [6.07, 6.45) is 1.28. The van der Waals surface area contributed by atoms with Crippen LogP contribution in [0.3, 0.4) is 0 Å². The summed E-state index contributed by atoms with van der Waals surface area (Å²) in [4.78, 5) is 13.0. The third-order valence-electron chi connectivity index (χ3n) is 4.08. The van der Waals surface area contributed by atoms with E-state index in [1.54, 1.807) is 5.38 Å². The van der Waals surface area contributed by atoms with Crippen LogP contribution in [-0.4, -0.2) is 45.1 Å². The number of nitrogens with zero attached hydrogens (tertiary/aromatic N) is 1. The van der Waals surface area contributed by atoms with Crippen LogP contribution < -0.4 is 0 Å². The Balaban J connectivity index is 1.98. The lowest BCUT2D eigenvalue weighted by Crippen LogP contribution is -2.43. The van der Waals surface area contributed by atoms with Gasteiger partial charge in [0.05, 0.1) is 7.11 Å². The molecule has 1 aliphatic heterocycles. The summed E-state index contributed by atoms with van der Waals surface area (Å²) >= 11 is 2.60. The van der Waals surface area contributed by atoms with Gasteiger partial charge in [0, 0.05) is 30.7 Å². The highest BCUT2D eigenvalue weighted by Crippen LogP contribution is 2.31. The maximum Gasteiger partial charge on any atom is 0.349 e. The first-order chi connectivity index (χ1) is 12.0. The molecule has 0 N–H and O–H groups in total. The molecular weight excluding hydrogens is 382 g/mol. The topological polar surface area (TPSA) is 72.9 Å². The quantitative estimate of drug-likeness (QED) is 0.696. The van der Waals surface area contributed by atoms with Crippen molar-refractivity contribution in [1.29, 1.82) is 0 Å². The van der Waals surface area contributed by atoms with Gasteiger partial charge in [-0.2, -0.15) is 4.31 Å². The van der Waals surface area contributed by atoms with Gasteiger partial charge in [-0.3, -0.25) is 0 Å². The van der Waals surface area contributed by atoms with E-state index in [4.69, 9.17) is 9.47 Å². The Bertz CT molecular complexity index is 807. The van der Waals surface area contributed by atoms with E-state index in [0.29, 0.717) is 32.6 Å². The minimum Gasteiger partial charge on any atom is -0.465 e. The van der Waals surface area contributed by atoms with E-state index in [1.165, 1.54) is 28.8 Å². The van der Waals surface area contributed by atoms with E-state index in [-0.39, 0.29) is 15.8 Å². The van der Waals surface area contributed by atoms with Crippen LogP contribution in [-0.2, 0) is 26.0 Å². The number of hydrogen-bond donors (Lipinski definition) is 0. The average Bonchev–Trinajstić information content (AvgIpc) is 3.31. The van der Waals surface area contributed by atoms with Gasteiger partial charge in [-0.25, -0.2) is 13.2 Å². The Morgan fingerprint density at radius 1 is 1.28 bits per heavy atom. The lowest BCUT2D eigenvalue weighted by atomic mass is 10.1. The highest BCUT2D eigenvalue weighted by molar-refractivity contribution is 7.89. The van der Waals surface area contributed by atoms with E-state index in [0.717, 1.165) is 16.2 Å². The van der Waals surface area contributed by atoms with Crippen LogP contribution in [0.4, 0.5) is 0 Å². The molecule has 0 amide bonds. The van der Waals surface area contributed by atoms with Crippen LogP contribution in [0.1, 0.15) is 27.4 Å². The van der Waals surface area contributed by atoms with E-state index in [2.05, 4.69) is 0 Å². The second kappa shape index (κ2) is 7.96. The monoisotopic (exact) mass is 401 g/mol. The number of carbonyl (C=O) groups excluding carboxylic acids is 1. The van der Waals surface area contributed by atoms with Gasteiger partial charge >= 0.3 is 5.97 Å². The first kappa shape index (κ1) is 18.5. The second-order valence-electron chi connectivity index (χ2n) is 5.58. The normalized spacial score (nSPS) is 16.2. The van der Waals surface area contributed by atoms with E-state index in [1.807, 2.05) is 17.5 Å². The molecule has 3 rings (SSSR count). The fourth-order valence-electron chi connectivity index (χ4n) is 2.81. The predicted molar refractivity (Wildman–Crippen MR) is 96.5 cm³/mol. The molecule has 1 saturated heterocycles. The maximum atomic E-state index is 13.3. The Kier molecular flexibility index (Phi) is 5.90. The van der Waals surface area contributed by atoms with E-state index >= 15 is 0 Å². The molecule has 0 spiro atoms. The van der Waals surface area contributed by atoms with Gasteiger partial charge < -0.3 is 9.47 Å². The molecule has 3 heterocycles. The molecule has 2 aromatic heterocycles. The van der Waals surface area contributed by atoms with Crippen molar-refractivity contribution in [2.75, 3.05) is 20.3 Å². The Morgan fingerprint density at radius 2 is 2.04 bits per heavy atom. The molecule has 0 unspecified atom stereocenters. The third kappa shape index (κ3) is 3.95. The van der Waals surface area contributed by atoms with Crippen LogP contribution in [0.15, 0.2) is 33.9 Å². The lowest BCUT2D eigenvalue weighted by Gasteiger charge is -2.33. The van der Waals surface area contributed by atoms with E-state index in [9.17, 15) is 13.2 Å². The van der Waals surface area contributed by atoms with Gasteiger partial charge in [0.1, 0.15) is 9.77 Å². The molecule has 6 nitrogen and oxygen atoms in total. The zero-order valence-corrected chi connectivity index (χ0v) is 16.2. The molecule has 136 valence electrons. The third-order valence-corrected chi connectivity index (χ3v) is 7.90. The van der Waals surface area contributed by atoms with Crippen molar-refractivity contribution in [1.82, 2.24) is 4.31 Å². The number of rotatable bonds is 6. The fourth-order valence-corrected chi connectivity index (χ4v) is 6.57. The van der Waals surface area contributed by atoms with Gasteiger partial charge in [-0.1, -0.05) is 6.07 Å². The van der Waals surface area contributed by atoms with Crippen molar-refractivity contribution in [3.8, 4) is 0 Å². The van der Waals surface area contributed by atoms with E-state index < -0.39 is 16.0 Å². The zero-order valence-electron chi connectivity index (χ0n) is 13.7. The lowest BCUT2D eigenvalue weighted by molar-refractivity contribution is 0.0565. The minimum absolute atomic E-state index is 0.0207. The van der Waals surface area contributed by atoms with Crippen LogP contribution in [0.25, 0.3) is 0 Å². The number of carbonyl (C=O) groups is 1. The summed E-state index contributed by atoms with van der Waals surface area (Å²) in [6, 6.07) is 5.15. The average molecular weight is 402 g/mol. The fraction of sp³-hybridized carbons (Fsp3) is 0.438. The van der Waals surface area contributed by atoms with Crippen molar-refractivity contribution in [3.05, 3.63) is 38.7 Å². The van der Waals surface area contributed by atoms with Crippen LogP contribution in [0, 0.1) is 0 Å². The highest BCUT2D eigenvalue weighted by atomic mass is 32.2. The summed E-state index contributed by atoms with van der Waals surface area (Å²) in [5.41, 5.74) is 0. The van der Waals surface area contributed by atoms with Crippen molar-refractivity contribution >= 4 is 38.7 Å². The van der Waals surface area contributed by atoms with Crippen LogP contribution in [0.2, 0.25) is 0 Å². The van der Waals surface area contributed by atoms with Gasteiger partial charge in [0.15, 0.2) is 0 Å². The Morgan fingerprint density at radius 3 is 2.68 bits per heavy atom. The Hall–Kier alpha value is -1.26. The molecule has 25 heavy (non-hydrogen) atoms. The summed E-state index contributed by atoms with van der Waals surface area (Å²) < 4.78 is 38.3. The molecule has 9 heteroatoms. The number of methoxy groups -OCH3 is 1. The SMILES string of the molecule is COC(=O)c1sccc1S(=O)(=O)N(Cc1cccs1)C1CCOCC1. The van der Waals surface area contributed by atoms with Gasteiger partial charge in [-0.05, 0) is 35.7 Å². The van der Waals surface area contributed by atoms with Crippen LogP contribution >= 0.6 is 22.7 Å². The number of thiophene rings is 2. The van der Waals surface area contributed by atoms with Crippen molar-refractivity contribution < 1.29 is 22.7 Å². The standard InChI is InChI=1S/C16H19NO5S3/c1-21-16(18)15-14(6-10-24-15)25(19,20)17(11-13-3-2-9-23-13)12-4-7-22-8-5-12/h2-3,6,9-10,12H,4-5,7-8,11H2,1H3. The maximum absolute atomic E-state index is 13.3. The first-order valence-corrected chi connectivity index (χ1v) is 11.0. The molecule has 0 saturated carbocycles. The predicted octanol–water partition coefficient (Wildman–Crippen LogP) is 2.97. The van der Waals surface area contributed by atoms with Crippen molar-refractivity contribution in [3.63, 3.8) is 0 Å². The van der Waals surface area contributed by atoms with Crippen molar-refractivity contribution in [2.45, 2.75) is 30.3 Å². The number of hydrogen-bond acceptors (Lipinski definition) is 7. The van der Waals surface area contributed by atoms with Gasteiger partial charge in [0.25, 0.3) is 0 Å². The molecule has 1 fully saturated rings. The molecular formula is C16H19NO5S3. The van der Waals surface area contributed by atoms with Gasteiger partial charge in [0.2, 0.25) is 10.0 Å². The highest BCUT2D eigenvalue weighted by Gasteiger charge is 2.36. The molecule has 0 aromatic carbocycles. The summed E-state index contributed by atoms with van der Waals surface area (Å²) in [5.74, 6) is -0.628.